The minimum atomic E-state index is -0.997. The number of aliphatic carboxylic acids is 1. The van der Waals surface area contributed by atoms with E-state index in [-0.39, 0.29) is 6.61 Å². The summed E-state index contributed by atoms with van der Waals surface area (Å²) in [5.74, 6) is -0.997. The summed E-state index contributed by atoms with van der Waals surface area (Å²) in [6.07, 6.45) is 1.58. The summed E-state index contributed by atoms with van der Waals surface area (Å²) in [5, 5.41) is 9.34. The number of hydrogen-bond acceptors (Lipinski definition) is 2. The van der Waals surface area contributed by atoms with E-state index in [1.54, 1.807) is 6.20 Å². The van der Waals surface area contributed by atoms with Crippen molar-refractivity contribution < 1.29 is 14.7 Å². The Morgan fingerprint density at radius 3 is 3.07 bits per heavy atom. The molecule has 1 radical (unpaired) electrons. The molecule has 1 N–H and O–H groups in total. The fourth-order valence-corrected chi connectivity index (χ4v) is 1.22. The standard InChI is InChI=1S/C10H8NO3/c12-10(13)7-14-11-6-5-8-3-1-2-4-9(8)11/h1-4,6H,7H2,(H,12,13). The summed E-state index contributed by atoms with van der Waals surface area (Å²) in [7, 11) is 0. The van der Waals surface area contributed by atoms with Crippen molar-refractivity contribution in [2.75, 3.05) is 6.61 Å². The first-order valence-electron chi connectivity index (χ1n) is 4.10. The maximum Gasteiger partial charge on any atom is 0.344 e. The minimum absolute atomic E-state index is 0.355. The van der Waals surface area contributed by atoms with E-state index in [1.807, 2.05) is 24.3 Å². The SMILES string of the molecule is O=C(O)COn1c[c]c2ccccc21. The van der Waals surface area contributed by atoms with Crippen LogP contribution in [0.3, 0.4) is 0 Å². The van der Waals surface area contributed by atoms with Crippen molar-refractivity contribution in [2.24, 2.45) is 0 Å². The number of aromatic nitrogens is 1. The third-order valence-corrected chi connectivity index (χ3v) is 1.81. The summed E-state index contributed by atoms with van der Waals surface area (Å²) in [6.45, 7) is -0.355. The van der Waals surface area contributed by atoms with Gasteiger partial charge in [-0.05, 0) is 6.07 Å². The molecule has 0 aliphatic rings. The number of hydrogen-bond donors (Lipinski definition) is 1. The molecule has 71 valence electrons. The van der Waals surface area contributed by atoms with Crippen molar-refractivity contribution in [1.82, 2.24) is 4.73 Å². The molecule has 0 aliphatic heterocycles. The summed E-state index contributed by atoms with van der Waals surface area (Å²) < 4.78 is 1.41. The van der Waals surface area contributed by atoms with Crippen LogP contribution in [-0.2, 0) is 4.79 Å². The van der Waals surface area contributed by atoms with Crippen LogP contribution in [0.25, 0.3) is 10.9 Å². The highest BCUT2D eigenvalue weighted by molar-refractivity contribution is 5.79. The van der Waals surface area contributed by atoms with Crippen LogP contribution < -0.4 is 4.84 Å². The zero-order chi connectivity index (χ0) is 9.97. The second kappa shape index (κ2) is 3.41. The monoisotopic (exact) mass is 190 g/mol. The van der Waals surface area contributed by atoms with Crippen molar-refractivity contribution in [3.8, 4) is 0 Å². The largest absolute Gasteiger partial charge is 0.479 e. The zero-order valence-electron chi connectivity index (χ0n) is 7.30. The van der Waals surface area contributed by atoms with Gasteiger partial charge in [0.15, 0.2) is 0 Å². The summed E-state index contributed by atoms with van der Waals surface area (Å²) in [4.78, 5) is 15.3. The molecule has 0 spiro atoms. The van der Waals surface area contributed by atoms with Gasteiger partial charge < -0.3 is 9.94 Å². The van der Waals surface area contributed by atoms with Gasteiger partial charge in [0.25, 0.3) is 0 Å². The molecule has 0 bridgehead atoms. The highest BCUT2D eigenvalue weighted by Crippen LogP contribution is 2.12. The lowest BCUT2D eigenvalue weighted by Crippen LogP contribution is -2.18. The van der Waals surface area contributed by atoms with E-state index >= 15 is 0 Å². The van der Waals surface area contributed by atoms with Crippen LogP contribution in [0, 0.1) is 6.07 Å². The lowest BCUT2D eigenvalue weighted by Gasteiger charge is -2.04. The third-order valence-electron chi connectivity index (χ3n) is 1.81. The van der Waals surface area contributed by atoms with Crippen LogP contribution >= 0.6 is 0 Å². The van der Waals surface area contributed by atoms with E-state index in [9.17, 15) is 4.79 Å². The molecule has 4 nitrogen and oxygen atoms in total. The van der Waals surface area contributed by atoms with Gasteiger partial charge in [-0.2, -0.15) is 4.73 Å². The van der Waals surface area contributed by atoms with Gasteiger partial charge in [-0.1, -0.05) is 18.2 Å². The number of fused-ring (bicyclic) bond motifs is 1. The van der Waals surface area contributed by atoms with Crippen LogP contribution in [0.5, 0.6) is 0 Å². The van der Waals surface area contributed by atoms with E-state index in [0.29, 0.717) is 0 Å². The minimum Gasteiger partial charge on any atom is -0.479 e. The maximum atomic E-state index is 10.3. The number of nitrogens with zero attached hydrogens (tertiary/aromatic N) is 1. The van der Waals surface area contributed by atoms with Crippen molar-refractivity contribution in [3.63, 3.8) is 0 Å². The van der Waals surface area contributed by atoms with Crippen molar-refractivity contribution in [3.05, 3.63) is 36.5 Å². The van der Waals surface area contributed by atoms with Gasteiger partial charge >= 0.3 is 5.97 Å². The predicted molar refractivity (Wildman–Crippen MR) is 49.9 cm³/mol. The maximum absolute atomic E-state index is 10.3. The number of carboxylic acids is 1. The molecule has 0 saturated carbocycles. The first-order valence-corrected chi connectivity index (χ1v) is 4.10. The Hall–Kier alpha value is -1.97. The average molecular weight is 190 g/mol. The molecule has 0 fully saturated rings. The number of carboxylic acid groups (broad SMARTS) is 1. The molecule has 0 atom stereocenters. The third kappa shape index (κ3) is 1.54. The molecule has 1 heterocycles. The van der Waals surface area contributed by atoms with Crippen LogP contribution in [0.15, 0.2) is 30.5 Å². The molecule has 2 rings (SSSR count). The highest BCUT2D eigenvalue weighted by atomic mass is 16.7. The lowest BCUT2D eigenvalue weighted by atomic mass is 10.3. The molecule has 2 aromatic rings. The van der Waals surface area contributed by atoms with Crippen LogP contribution in [0.1, 0.15) is 0 Å². The van der Waals surface area contributed by atoms with E-state index in [4.69, 9.17) is 9.94 Å². The van der Waals surface area contributed by atoms with Gasteiger partial charge in [-0.15, -0.1) is 0 Å². The van der Waals surface area contributed by atoms with Crippen molar-refractivity contribution in [1.29, 1.82) is 0 Å². The molecular weight excluding hydrogens is 182 g/mol. The van der Waals surface area contributed by atoms with Crippen LogP contribution in [0.2, 0.25) is 0 Å². The molecular formula is C10H8NO3. The lowest BCUT2D eigenvalue weighted by molar-refractivity contribution is -0.142. The van der Waals surface area contributed by atoms with E-state index in [0.717, 1.165) is 10.9 Å². The van der Waals surface area contributed by atoms with Crippen molar-refractivity contribution in [2.45, 2.75) is 0 Å². The summed E-state index contributed by atoms with van der Waals surface area (Å²) in [6, 6.07) is 10.4. The molecule has 1 aromatic heterocycles. The number of carbonyl (C=O) groups is 1. The molecule has 0 unspecified atom stereocenters. The fourth-order valence-electron chi connectivity index (χ4n) is 1.22. The summed E-state index contributed by atoms with van der Waals surface area (Å²) >= 11 is 0. The van der Waals surface area contributed by atoms with Crippen LogP contribution in [0.4, 0.5) is 0 Å². The van der Waals surface area contributed by atoms with Gasteiger partial charge in [0, 0.05) is 11.5 Å². The predicted octanol–water partition coefficient (Wildman–Crippen LogP) is 0.955. The van der Waals surface area contributed by atoms with Gasteiger partial charge in [0.05, 0.1) is 11.7 Å². The quantitative estimate of drug-likeness (QED) is 0.784. The Kier molecular flexibility index (Phi) is 2.10. The summed E-state index contributed by atoms with van der Waals surface area (Å²) in [5.41, 5.74) is 0.814. The molecule has 1 aromatic carbocycles. The molecule has 14 heavy (non-hydrogen) atoms. The van der Waals surface area contributed by atoms with E-state index in [1.165, 1.54) is 4.73 Å². The Morgan fingerprint density at radius 1 is 1.50 bits per heavy atom. The normalized spacial score (nSPS) is 10.3. The number of benzene rings is 1. The van der Waals surface area contributed by atoms with Gasteiger partial charge in [-0.3, -0.25) is 0 Å². The molecule has 0 saturated heterocycles. The molecule has 0 aliphatic carbocycles. The van der Waals surface area contributed by atoms with Gasteiger partial charge in [0.1, 0.15) is 0 Å². The molecule has 0 amide bonds. The van der Waals surface area contributed by atoms with Crippen LogP contribution in [-0.4, -0.2) is 22.4 Å². The second-order valence-electron chi connectivity index (χ2n) is 2.78. The second-order valence-corrected chi connectivity index (χ2v) is 2.78. The average Bonchev–Trinajstić information content (AvgIpc) is 2.58. The van der Waals surface area contributed by atoms with E-state index < -0.39 is 5.97 Å². The fraction of sp³-hybridized carbons (Fsp3) is 0.100. The van der Waals surface area contributed by atoms with E-state index in [2.05, 4.69) is 6.07 Å². The molecule has 4 heteroatoms. The van der Waals surface area contributed by atoms with Gasteiger partial charge in [0.2, 0.25) is 6.61 Å². The topological polar surface area (TPSA) is 51.5 Å². The number of para-hydroxylation sites is 1. The Bertz CT molecular complexity index is 461. The Balaban J connectivity index is 2.29. The Morgan fingerprint density at radius 2 is 2.29 bits per heavy atom. The van der Waals surface area contributed by atoms with Crippen molar-refractivity contribution >= 4 is 16.9 Å². The smallest absolute Gasteiger partial charge is 0.344 e. The zero-order valence-corrected chi connectivity index (χ0v) is 7.30. The Labute approximate surface area is 80.3 Å². The first-order chi connectivity index (χ1) is 6.77. The first kappa shape index (κ1) is 8.62. The van der Waals surface area contributed by atoms with Gasteiger partial charge in [-0.25, -0.2) is 4.79 Å². The number of rotatable bonds is 3. The highest BCUT2D eigenvalue weighted by Gasteiger charge is 2.02.